The van der Waals surface area contributed by atoms with Crippen LogP contribution in [0.1, 0.15) is 12.0 Å². The molecule has 3 nitrogen and oxygen atoms in total. The van der Waals surface area contributed by atoms with E-state index in [1.54, 1.807) is 18.3 Å². The van der Waals surface area contributed by atoms with Crippen LogP contribution in [0.15, 0.2) is 30.5 Å². The van der Waals surface area contributed by atoms with Gasteiger partial charge < -0.3 is 4.74 Å². The molecule has 0 spiro atoms. The Morgan fingerprint density at radius 1 is 1.50 bits per heavy atom. The van der Waals surface area contributed by atoms with Crippen molar-refractivity contribution in [2.75, 3.05) is 7.11 Å². The fraction of sp³-hybridized carbons (Fsp3) is 0.143. The van der Waals surface area contributed by atoms with E-state index in [0.29, 0.717) is 5.52 Å². The normalized spacial score (nSPS) is 9.67. The molecule has 0 N–H and O–H groups in total. The van der Waals surface area contributed by atoms with Crippen molar-refractivity contribution in [1.82, 2.24) is 4.98 Å². The summed E-state index contributed by atoms with van der Waals surface area (Å²) in [7, 11) is 1.28. The average molecular weight is 243 g/mol. The molecule has 0 unspecified atom stereocenters. The minimum absolute atomic E-state index is 0.0545. The molecule has 0 fully saturated rings. The Kier molecular flexibility index (Phi) is 3.54. The molecule has 0 atom stereocenters. The fourth-order valence-corrected chi connectivity index (χ4v) is 1.47. The van der Waals surface area contributed by atoms with Crippen molar-refractivity contribution in [1.29, 1.82) is 0 Å². The largest absolute Gasteiger partial charge is 0.468 e. The third-order valence-corrected chi connectivity index (χ3v) is 2.38. The summed E-state index contributed by atoms with van der Waals surface area (Å²) in [5.41, 5.74) is 0.827. The Bertz CT molecular complexity index is 656. The molecule has 18 heavy (non-hydrogen) atoms. The summed E-state index contributed by atoms with van der Waals surface area (Å²) in [6.45, 7) is 0. The Morgan fingerprint density at radius 2 is 2.33 bits per heavy atom. The number of halogens is 1. The fourth-order valence-electron chi connectivity index (χ4n) is 1.47. The van der Waals surface area contributed by atoms with Crippen molar-refractivity contribution in [3.8, 4) is 11.8 Å². The van der Waals surface area contributed by atoms with Crippen molar-refractivity contribution in [3.05, 3.63) is 41.8 Å². The second-order valence-electron chi connectivity index (χ2n) is 3.58. The number of methoxy groups -OCH3 is 1. The van der Waals surface area contributed by atoms with Gasteiger partial charge in [0.25, 0.3) is 0 Å². The third-order valence-electron chi connectivity index (χ3n) is 2.38. The zero-order chi connectivity index (χ0) is 13.0. The summed E-state index contributed by atoms with van der Waals surface area (Å²) in [5, 5.41) is 0.807. The van der Waals surface area contributed by atoms with Gasteiger partial charge in [-0.1, -0.05) is 17.9 Å². The summed E-state index contributed by atoms with van der Waals surface area (Å²) in [6.07, 6.45) is 1.55. The van der Waals surface area contributed by atoms with Gasteiger partial charge in [0.1, 0.15) is 12.2 Å². The van der Waals surface area contributed by atoms with Crippen molar-refractivity contribution in [2.45, 2.75) is 6.42 Å². The molecule has 0 saturated carbocycles. The summed E-state index contributed by atoms with van der Waals surface area (Å²) in [4.78, 5) is 14.9. The molecule has 0 aliphatic rings. The van der Waals surface area contributed by atoms with Gasteiger partial charge in [-0.3, -0.25) is 9.78 Å². The Morgan fingerprint density at radius 3 is 3.11 bits per heavy atom. The van der Waals surface area contributed by atoms with E-state index in [0.717, 1.165) is 5.39 Å². The van der Waals surface area contributed by atoms with E-state index in [4.69, 9.17) is 0 Å². The van der Waals surface area contributed by atoms with Crippen molar-refractivity contribution < 1.29 is 13.9 Å². The number of pyridine rings is 1. The van der Waals surface area contributed by atoms with Gasteiger partial charge in [-0.25, -0.2) is 4.39 Å². The Hall–Kier alpha value is -2.41. The molecule has 1 aromatic heterocycles. The lowest BCUT2D eigenvalue weighted by Crippen LogP contribution is -1.97. The molecule has 1 aromatic carbocycles. The summed E-state index contributed by atoms with van der Waals surface area (Å²) < 4.78 is 18.1. The van der Waals surface area contributed by atoms with E-state index in [1.165, 1.54) is 13.2 Å². The average Bonchev–Trinajstić information content (AvgIpc) is 2.39. The van der Waals surface area contributed by atoms with Gasteiger partial charge >= 0.3 is 5.97 Å². The standard InChI is InChI=1S/C14H10FNO2/c1-18-14(17)6-2-4-10-8-11-5-3-7-16-13(11)9-12(10)15/h3,5,7-9H,6H2,1H3. The van der Waals surface area contributed by atoms with Crippen LogP contribution < -0.4 is 0 Å². The summed E-state index contributed by atoms with van der Waals surface area (Å²) in [5.74, 6) is 4.30. The number of nitrogens with zero attached hydrogens (tertiary/aromatic N) is 1. The smallest absolute Gasteiger partial charge is 0.317 e. The van der Waals surface area contributed by atoms with Crippen LogP contribution in [0.2, 0.25) is 0 Å². The number of esters is 1. The number of carbonyl (C=O) groups is 1. The number of hydrogen-bond donors (Lipinski definition) is 0. The SMILES string of the molecule is COC(=O)CC#Cc1cc2cccnc2cc1F. The second kappa shape index (κ2) is 5.28. The predicted molar refractivity (Wildman–Crippen MR) is 65.2 cm³/mol. The Labute approximate surface area is 104 Å². The van der Waals surface area contributed by atoms with Crippen molar-refractivity contribution >= 4 is 16.9 Å². The first-order valence-electron chi connectivity index (χ1n) is 5.30. The van der Waals surface area contributed by atoms with Crippen LogP contribution in [-0.2, 0) is 9.53 Å². The maximum atomic E-state index is 13.7. The summed E-state index contributed by atoms with van der Waals surface area (Å²) >= 11 is 0. The van der Waals surface area contributed by atoms with E-state index in [-0.39, 0.29) is 12.0 Å². The molecule has 0 amide bonds. The maximum absolute atomic E-state index is 13.7. The first kappa shape index (κ1) is 12.1. The zero-order valence-electron chi connectivity index (χ0n) is 9.74. The number of hydrogen-bond acceptors (Lipinski definition) is 3. The lowest BCUT2D eigenvalue weighted by atomic mass is 10.1. The number of aromatic nitrogens is 1. The highest BCUT2D eigenvalue weighted by Crippen LogP contribution is 2.16. The molecule has 0 radical (unpaired) electrons. The maximum Gasteiger partial charge on any atom is 0.317 e. The van der Waals surface area contributed by atoms with Crippen LogP contribution in [-0.4, -0.2) is 18.1 Å². The monoisotopic (exact) mass is 243 g/mol. The van der Waals surface area contributed by atoms with Gasteiger partial charge in [-0.2, -0.15) is 0 Å². The van der Waals surface area contributed by atoms with Gasteiger partial charge in [-0.15, -0.1) is 0 Å². The number of carbonyl (C=O) groups excluding carboxylic acids is 1. The molecule has 4 heteroatoms. The third kappa shape index (κ3) is 2.64. The van der Waals surface area contributed by atoms with E-state index in [1.807, 2.05) is 6.07 Å². The highest BCUT2D eigenvalue weighted by atomic mass is 19.1. The Balaban J connectivity index is 2.33. The molecule has 2 aromatic rings. The molecular formula is C14H10FNO2. The molecule has 0 saturated heterocycles. The van der Waals surface area contributed by atoms with Gasteiger partial charge in [0.15, 0.2) is 0 Å². The second-order valence-corrected chi connectivity index (χ2v) is 3.58. The van der Waals surface area contributed by atoms with Gasteiger partial charge in [0.05, 0.1) is 18.2 Å². The number of benzene rings is 1. The minimum atomic E-state index is -0.446. The lowest BCUT2D eigenvalue weighted by Gasteiger charge is -1.99. The van der Waals surface area contributed by atoms with Crippen LogP contribution in [0, 0.1) is 17.7 Å². The molecule has 0 bridgehead atoms. The van der Waals surface area contributed by atoms with Crippen molar-refractivity contribution in [3.63, 3.8) is 0 Å². The summed E-state index contributed by atoms with van der Waals surface area (Å²) in [6, 6.07) is 6.54. The molecule has 0 aliphatic carbocycles. The van der Waals surface area contributed by atoms with Crippen LogP contribution in [0.5, 0.6) is 0 Å². The molecular weight excluding hydrogens is 233 g/mol. The van der Waals surface area contributed by atoms with Crippen molar-refractivity contribution in [2.24, 2.45) is 0 Å². The zero-order valence-corrected chi connectivity index (χ0v) is 9.74. The first-order valence-corrected chi connectivity index (χ1v) is 5.30. The van der Waals surface area contributed by atoms with Gasteiger partial charge in [-0.05, 0) is 12.1 Å². The van der Waals surface area contributed by atoms with Gasteiger partial charge in [0.2, 0.25) is 0 Å². The quantitative estimate of drug-likeness (QED) is 0.570. The minimum Gasteiger partial charge on any atom is -0.468 e. The molecule has 0 aliphatic heterocycles. The predicted octanol–water partition coefficient (Wildman–Crippen LogP) is 2.29. The van der Waals surface area contributed by atoms with E-state index in [2.05, 4.69) is 21.6 Å². The molecule has 90 valence electrons. The number of rotatable bonds is 1. The van der Waals surface area contributed by atoms with Gasteiger partial charge in [0, 0.05) is 17.6 Å². The number of fused-ring (bicyclic) bond motifs is 1. The van der Waals surface area contributed by atoms with Crippen LogP contribution in [0.25, 0.3) is 10.9 Å². The van der Waals surface area contributed by atoms with Crippen LogP contribution in [0.4, 0.5) is 4.39 Å². The van der Waals surface area contributed by atoms with E-state index >= 15 is 0 Å². The van der Waals surface area contributed by atoms with E-state index < -0.39 is 11.8 Å². The highest BCUT2D eigenvalue weighted by molar-refractivity contribution is 5.80. The van der Waals surface area contributed by atoms with Crippen LogP contribution >= 0.6 is 0 Å². The number of ether oxygens (including phenoxy) is 1. The van der Waals surface area contributed by atoms with E-state index in [9.17, 15) is 9.18 Å². The highest BCUT2D eigenvalue weighted by Gasteiger charge is 2.03. The molecule has 2 rings (SSSR count). The molecule has 1 heterocycles. The first-order chi connectivity index (χ1) is 8.70. The van der Waals surface area contributed by atoms with Crippen LogP contribution in [0.3, 0.4) is 0 Å². The topological polar surface area (TPSA) is 39.2 Å². The lowest BCUT2D eigenvalue weighted by molar-refractivity contribution is -0.139.